The van der Waals surface area contributed by atoms with Gasteiger partial charge < -0.3 is 14.6 Å². The number of piperazine rings is 1. The molecule has 1 aliphatic heterocycles. The number of aromatic nitrogens is 2. The molecule has 1 aliphatic rings. The number of halogens is 2. The Morgan fingerprint density at radius 2 is 2.09 bits per heavy atom. The Labute approximate surface area is 146 Å². The Balaban J connectivity index is 0.00000192. The van der Waals surface area contributed by atoms with Crippen LogP contribution in [0.1, 0.15) is 5.69 Å². The van der Waals surface area contributed by atoms with E-state index in [1.807, 2.05) is 45.8 Å². The van der Waals surface area contributed by atoms with Gasteiger partial charge >= 0.3 is 0 Å². The Hall–Kier alpha value is -1.34. The minimum Gasteiger partial charge on any atom is -0.339 e. The second-order valence-corrected chi connectivity index (χ2v) is 6.08. The van der Waals surface area contributed by atoms with Crippen molar-refractivity contribution in [2.45, 2.75) is 6.54 Å². The van der Waals surface area contributed by atoms with E-state index < -0.39 is 0 Å². The van der Waals surface area contributed by atoms with Crippen LogP contribution >= 0.6 is 24.0 Å². The highest BCUT2D eigenvalue weighted by molar-refractivity contribution is 6.30. The predicted octanol–water partition coefficient (Wildman–Crippen LogP) is 1.27. The van der Waals surface area contributed by atoms with Crippen LogP contribution in [0.5, 0.6) is 0 Å². The highest BCUT2D eigenvalue weighted by atomic mass is 35.5. The third-order valence-electron chi connectivity index (χ3n) is 3.77. The topological polar surface area (TPSA) is 52.9 Å². The van der Waals surface area contributed by atoms with E-state index in [0.29, 0.717) is 18.1 Å². The van der Waals surface area contributed by atoms with E-state index in [1.165, 1.54) is 0 Å². The molecule has 0 aliphatic carbocycles. The Morgan fingerprint density at radius 1 is 1.35 bits per heavy atom. The normalized spacial score (nSPS) is 15.0. The van der Waals surface area contributed by atoms with Gasteiger partial charge in [0, 0.05) is 45.1 Å². The van der Waals surface area contributed by atoms with Gasteiger partial charge in [0.15, 0.2) is 0 Å². The fourth-order valence-corrected chi connectivity index (χ4v) is 2.84. The molecule has 0 radical (unpaired) electrons. The maximum absolute atomic E-state index is 12.2. The van der Waals surface area contributed by atoms with Crippen LogP contribution < -0.4 is 5.32 Å². The average Bonchev–Trinajstić information content (AvgIpc) is 2.89. The largest absolute Gasteiger partial charge is 0.339 e. The van der Waals surface area contributed by atoms with Gasteiger partial charge in [0.25, 0.3) is 0 Å². The monoisotopic (exact) mass is 357 g/mol. The van der Waals surface area contributed by atoms with Crippen LogP contribution in [0.3, 0.4) is 0 Å². The van der Waals surface area contributed by atoms with Crippen LogP contribution in [-0.4, -0.2) is 64.9 Å². The lowest BCUT2D eigenvalue weighted by Gasteiger charge is -2.29. The number of imidazole rings is 1. The van der Waals surface area contributed by atoms with E-state index in [9.17, 15) is 4.79 Å². The molecule has 0 spiro atoms. The summed E-state index contributed by atoms with van der Waals surface area (Å²) in [6, 6.07) is 3.71. The zero-order chi connectivity index (χ0) is 15.5. The summed E-state index contributed by atoms with van der Waals surface area (Å²) in [7, 11) is 1.94. The van der Waals surface area contributed by atoms with Gasteiger partial charge in [0.1, 0.15) is 5.65 Å². The number of pyridine rings is 1. The number of carbonyl (C=O) groups excluding carboxylic acids is 1. The number of hydrogen-bond donors (Lipinski definition) is 1. The molecule has 3 rings (SSSR count). The minimum atomic E-state index is 0. The molecule has 1 N–H and O–H groups in total. The first-order valence-electron chi connectivity index (χ1n) is 7.42. The van der Waals surface area contributed by atoms with Gasteiger partial charge in [0.2, 0.25) is 5.91 Å². The molecule has 0 aromatic carbocycles. The average molecular weight is 358 g/mol. The molecule has 0 bridgehead atoms. The molecule has 2 aromatic rings. The van der Waals surface area contributed by atoms with Crippen LogP contribution in [0.4, 0.5) is 0 Å². The van der Waals surface area contributed by atoms with E-state index in [-0.39, 0.29) is 18.3 Å². The van der Waals surface area contributed by atoms with Crippen molar-refractivity contribution in [1.29, 1.82) is 0 Å². The molecular weight excluding hydrogens is 337 g/mol. The van der Waals surface area contributed by atoms with Gasteiger partial charge in [-0.3, -0.25) is 9.69 Å². The summed E-state index contributed by atoms with van der Waals surface area (Å²) >= 11 is 5.97. The van der Waals surface area contributed by atoms with Gasteiger partial charge in [-0.05, 0) is 19.2 Å². The van der Waals surface area contributed by atoms with Crippen LogP contribution in [0.25, 0.3) is 5.65 Å². The molecule has 2 aromatic heterocycles. The molecule has 1 saturated heterocycles. The summed E-state index contributed by atoms with van der Waals surface area (Å²) < 4.78 is 1.91. The molecule has 8 heteroatoms. The number of rotatable bonds is 4. The van der Waals surface area contributed by atoms with Crippen molar-refractivity contribution >= 4 is 35.6 Å². The number of likely N-dealkylation sites (N-methyl/N-ethyl adjacent to an activating group) is 1. The summed E-state index contributed by atoms with van der Waals surface area (Å²) in [6.45, 7) is 4.39. The first-order valence-corrected chi connectivity index (χ1v) is 7.80. The second-order valence-electron chi connectivity index (χ2n) is 5.65. The summed E-state index contributed by atoms with van der Waals surface area (Å²) in [5.74, 6) is 0.177. The SMILES string of the molecule is CN(CC(=O)N1CCNCC1)Cc1cn2cc(Cl)ccc2n1.Cl. The van der Waals surface area contributed by atoms with Gasteiger partial charge in [-0.2, -0.15) is 0 Å². The smallest absolute Gasteiger partial charge is 0.236 e. The van der Waals surface area contributed by atoms with E-state index in [4.69, 9.17) is 11.6 Å². The molecule has 0 saturated carbocycles. The molecule has 126 valence electrons. The van der Waals surface area contributed by atoms with E-state index in [1.54, 1.807) is 0 Å². The number of carbonyl (C=O) groups is 1. The van der Waals surface area contributed by atoms with Gasteiger partial charge in [0.05, 0.1) is 17.3 Å². The van der Waals surface area contributed by atoms with Gasteiger partial charge in [-0.15, -0.1) is 12.4 Å². The summed E-state index contributed by atoms with van der Waals surface area (Å²) in [5, 5.41) is 3.93. The quantitative estimate of drug-likeness (QED) is 0.895. The molecule has 0 unspecified atom stereocenters. The van der Waals surface area contributed by atoms with Crippen molar-refractivity contribution < 1.29 is 4.79 Å². The number of nitrogens with one attached hydrogen (secondary N) is 1. The van der Waals surface area contributed by atoms with Crippen LogP contribution in [0.15, 0.2) is 24.5 Å². The lowest BCUT2D eigenvalue weighted by Crippen LogP contribution is -2.49. The second kappa shape index (κ2) is 7.97. The number of hydrogen-bond acceptors (Lipinski definition) is 4. The van der Waals surface area contributed by atoms with Crippen LogP contribution in [-0.2, 0) is 11.3 Å². The first kappa shape index (κ1) is 18.0. The van der Waals surface area contributed by atoms with E-state index in [0.717, 1.165) is 37.5 Å². The maximum Gasteiger partial charge on any atom is 0.236 e. The van der Waals surface area contributed by atoms with E-state index in [2.05, 4.69) is 10.3 Å². The molecule has 1 amide bonds. The van der Waals surface area contributed by atoms with Crippen molar-refractivity contribution in [3.63, 3.8) is 0 Å². The number of amides is 1. The summed E-state index contributed by atoms with van der Waals surface area (Å²) in [4.78, 5) is 20.7. The van der Waals surface area contributed by atoms with Crippen LogP contribution in [0.2, 0.25) is 5.02 Å². The van der Waals surface area contributed by atoms with Crippen molar-refractivity contribution in [1.82, 2.24) is 24.5 Å². The Bertz CT molecular complexity index is 669. The van der Waals surface area contributed by atoms with Crippen molar-refractivity contribution in [3.8, 4) is 0 Å². The Morgan fingerprint density at radius 3 is 2.83 bits per heavy atom. The fraction of sp³-hybridized carbons (Fsp3) is 0.467. The first-order chi connectivity index (χ1) is 10.6. The molecule has 3 heterocycles. The number of nitrogens with zero attached hydrogens (tertiary/aromatic N) is 4. The third kappa shape index (κ3) is 4.57. The summed E-state index contributed by atoms with van der Waals surface area (Å²) in [5.41, 5.74) is 1.79. The van der Waals surface area contributed by atoms with E-state index >= 15 is 0 Å². The highest BCUT2D eigenvalue weighted by Crippen LogP contribution is 2.12. The van der Waals surface area contributed by atoms with Gasteiger partial charge in [-0.1, -0.05) is 11.6 Å². The number of fused-ring (bicyclic) bond motifs is 1. The standard InChI is InChI=1S/C15H20ClN5O.ClH/c1-19(11-15(22)20-6-4-17-5-7-20)9-13-10-21-8-12(16)2-3-14(21)18-13;/h2-3,8,10,17H,4-7,9,11H2,1H3;1H. The maximum atomic E-state index is 12.2. The molecule has 6 nitrogen and oxygen atoms in total. The van der Waals surface area contributed by atoms with Gasteiger partial charge in [-0.25, -0.2) is 4.98 Å². The highest BCUT2D eigenvalue weighted by Gasteiger charge is 2.18. The molecule has 0 atom stereocenters. The zero-order valence-electron chi connectivity index (χ0n) is 13.0. The molecule has 23 heavy (non-hydrogen) atoms. The lowest BCUT2D eigenvalue weighted by molar-refractivity contribution is -0.132. The van der Waals surface area contributed by atoms with Crippen molar-refractivity contribution in [2.75, 3.05) is 39.8 Å². The third-order valence-corrected chi connectivity index (χ3v) is 4.00. The van der Waals surface area contributed by atoms with Crippen molar-refractivity contribution in [2.24, 2.45) is 0 Å². The summed E-state index contributed by atoms with van der Waals surface area (Å²) in [6.07, 6.45) is 3.78. The zero-order valence-corrected chi connectivity index (χ0v) is 14.6. The van der Waals surface area contributed by atoms with Crippen LogP contribution in [0, 0.1) is 0 Å². The molecule has 1 fully saturated rings. The van der Waals surface area contributed by atoms with Crippen molar-refractivity contribution in [3.05, 3.63) is 35.2 Å². The lowest BCUT2D eigenvalue weighted by atomic mass is 10.3. The fourth-order valence-electron chi connectivity index (χ4n) is 2.67. The molecular formula is C15H21Cl2N5O. The Kier molecular flexibility index (Phi) is 6.24. The predicted molar refractivity (Wildman–Crippen MR) is 93.2 cm³/mol. The minimum absolute atomic E-state index is 0.